The number of carbonyl (C=O) groups excluding carboxylic acids is 2. The summed E-state index contributed by atoms with van der Waals surface area (Å²) in [6.45, 7) is 1.42. The highest BCUT2D eigenvalue weighted by Crippen LogP contribution is 2.25. The summed E-state index contributed by atoms with van der Waals surface area (Å²) in [4.78, 5) is 38.5. The van der Waals surface area contributed by atoms with E-state index in [0.717, 1.165) is 4.68 Å². The van der Waals surface area contributed by atoms with E-state index in [9.17, 15) is 14.4 Å². The molecule has 1 N–H and O–H groups in total. The molecular weight excluding hydrogens is 465 g/mol. The second-order valence-electron chi connectivity index (χ2n) is 7.11. The third-order valence-electron chi connectivity index (χ3n) is 4.84. The van der Waals surface area contributed by atoms with Gasteiger partial charge < -0.3 is 10.1 Å². The van der Waals surface area contributed by atoms with Crippen LogP contribution < -0.4 is 10.9 Å². The number of esters is 1. The Morgan fingerprint density at radius 1 is 0.970 bits per heavy atom. The highest BCUT2D eigenvalue weighted by Gasteiger charge is 2.24. The van der Waals surface area contributed by atoms with Crippen LogP contribution in [0.1, 0.15) is 17.4 Å². The monoisotopic (exact) mass is 481 g/mol. The van der Waals surface area contributed by atoms with Crippen LogP contribution in [0.4, 0.5) is 5.69 Å². The average molecular weight is 482 g/mol. The molecular formula is C24H17Cl2N3O4. The molecule has 4 aromatic rings. The van der Waals surface area contributed by atoms with Crippen LogP contribution >= 0.6 is 23.2 Å². The number of halogens is 2. The van der Waals surface area contributed by atoms with Crippen molar-refractivity contribution in [3.05, 3.63) is 98.9 Å². The lowest BCUT2D eigenvalue weighted by Gasteiger charge is -2.15. The molecule has 0 fully saturated rings. The zero-order chi connectivity index (χ0) is 23.5. The van der Waals surface area contributed by atoms with Gasteiger partial charge in [0.25, 0.3) is 11.5 Å². The van der Waals surface area contributed by atoms with Crippen LogP contribution in [0, 0.1) is 0 Å². The fourth-order valence-corrected chi connectivity index (χ4v) is 3.64. The molecule has 0 saturated carbocycles. The van der Waals surface area contributed by atoms with Crippen LogP contribution in [-0.4, -0.2) is 27.8 Å². The van der Waals surface area contributed by atoms with Crippen molar-refractivity contribution in [1.82, 2.24) is 9.78 Å². The number of hydrogen-bond donors (Lipinski definition) is 1. The quantitative estimate of drug-likeness (QED) is 0.410. The van der Waals surface area contributed by atoms with Gasteiger partial charge in [0.1, 0.15) is 0 Å². The van der Waals surface area contributed by atoms with Gasteiger partial charge in [0.05, 0.1) is 21.8 Å². The van der Waals surface area contributed by atoms with Gasteiger partial charge in [-0.05, 0) is 43.3 Å². The van der Waals surface area contributed by atoms with Crippen molar-refractivity contribution in [3.8, 4) is 5.69 Å². The maximum absolute atomic E-state index is 13.0. The maximum atomic E-state index is 13.0. The Morgan fingerprint density at radius 3 is 2.33 bits per heavy atom. The summed E-state index contributed by atoms with van der Waals surface area (Å²) in [5, 5.41) is 8.14. The van der Waals surface area contributed by atoms with E-state index in [4.69, 9.17) is 27.9 Å². The number of ether oxygens (including phenoxy) is 1. The number of nitrogens with one attached hydrogen (secondary N) is 1. The Labute approximate surface area is 198 Å². The predicted octanol–water partition coefficient (Wildman–Crippen LogP) is 4.88. The summed E-state index contributed by atoms with van der Waals surface area (Å²) in [6, 6.07) is 19.9. The molecule has 9 heteroatoms. The van der Waals surface area contributed by atoms with Crippen LogP contribution in [0.5, 0.6) is 0 Å². The number of carbonyl (C=O) groups is 2. The predicted molar refractivity (Wildman–Crippen MR) is 127 cm³/mol. The lowest BCUT2D eigenvalue weighted by atomic mass is 10.1. The summed E-state index contributed by atoms with van der Waals surface area (Å²) in [6.07, 6.45) is -1.16. The fourth-order valence-electron chi connectivity index (χ4n) is 3.18. The molecule has 166 valence electrons. The molecule has 3 aromatic carbocycles. The first kappa shape index (κ1) is 22.5. The third kappa shape index (κ3) is 4.74. The van der Waals surface area contributed by atoms with Gasteiger partial charge in [0, 0.05) is 10.4 Å². The molecule has 1 heterocycles. The normalized spacial score (nSPS) is 11.7. The highest BCUT2D eigenvalue weighted by atomic mass is 35.5. The fraction of sp³-hybridized carbons (Fsp3) is 0.0833. The first-order chi connectivity index (χ1) is 15.8. The Morgan fingerprint density at radius 2 is 1.64 bits per heavy atom. The topological polar surface area (TPSA) is 90.3 Å². The first-order valence-corrected chi connectivity index (χ1v) is 10.6. The zero-order valence-corrected chi connectivity index (χ0v) is 18.8. The second kappa shape index (κ2) is 9.44. The highest BCUT2D eigenvalue weighted by molar-refractivity contribution is 6.36. The van der Waals surface area contributed by atoms with Crippen molar-refractivity contribution in [2.45, 2.75) is 13.0 Å². The van der Waals surface area contributed by atoms with E-state index >= 15 is 0 Å². The summed E-state index contributed by atoms with van der Waals surface area (Å²) in [5.74, 6) is -1.44. The molecule has 1 amide bonds. The maximum Gasteiger partial charge on any atom is 0.360 e. The molecule has 0 aliphatic heterocycles. The summed E-state index contributed by atoms with van der Waals surface area (Å²) in [5.41, 5.74) is 0.357. The Bertz CT molecular complexity index is 1420. The van der Waals surface area contributed by atoms with Crippen LogP contribution in [0.2, 0.25) is 10.0 Å². The largest absolute Gasteiger partial charge is 0.448 e. The van der Waals surface area contributed by atoms with E-state index in [0.29, 0.717) is 27.2 Å². The Kier molecular flexibility index (Phi) is 6.44. The lowest BCUT2D eigenvalue weighted by molar-refractivity contribution is -0.123. The number of aromatic nitrogens is 2. The van der Waals surface area contributed by atoms with Gasteiger partial charge in [-0.3, -0.25) is 9.59 Å². The number of hydrogen-bond acceptors (Lipinski definition) is 5. The van der Waals surface area contributed by atoms with Gasteiger partial charge in [0.15, 0.2) is 11.8 Å². The van der Waals surface area contributed by atoms with E-state index in [2.05, 4.69) is 10.4 Å². The van der Waals surface area contributed by atoms with Crippen molar-refractivity contribution >= 4 is 51.5 Å². The van der Waals surface area contributed by atoms with Crippen molar-refractivity contribution in [3.63, 3.8) is 0 Å². The van der Waals surface area contributed by atoms with E-state index in [1.165, 1.54) is 13.0 Å². The number of fused-ring (bicyclic) bond motifs is 1. The molecule has 1 atom stereocenters. The smallest absolute Gasteiger partial charge is 0.360 e. The van der Waals surface area contributed by atoms with Crippen LogP contribution in [0.25, 0.3) is 16.5 Å². The molecule has 0 spiro atoms. The number of para-hydroxylation sites is 1. The number of amides is 1. The zero-order valence-electron chi connectivity index (χ0n) is 17.3. The first-order valence-electron chi connectivity index (χ1n) is 9.89. The van der Waals surface area contributed by atoms with Gasteiger partial charge in [-0.15, -0.1) is 0 Å². The SMILES string of the molecule is C[C@@H](OC(=O)c1nn(-c2ccccc2)c(=O)c2ccccc12)C(=O)Nc1ccc(Cl)cc1Cl. The molecule has 4 rings (SSSR count). The van der Waals surface area contributed by atoms with Crippen molar-refractivity contribution < 1.29 is 14.3 Å². The standard InChI is InChI=1S/C24H17Cl2N3O4/c1-14(22(30)27-20-12-11-15(25)13-19(20)26)33-24(32)21-17-9-5-6-10-18(17)23(31)29(28-21)16-7-3-2-4-8-16/h2-14H,1H3,(H,27,30)/t14-/m1/s1. The molecule has 0 aliphatic rings. The molecule has 0 unspecified atom stereocenters. The summed E-state index contributed by atoms with van der Waals surface area (Å²) < 4.78 is 6.51. The molecule has 0 radical (unpaired) electrons. The second-order valence-corrected chi connectivity index (χ2v) is 7.95. The minimum absolute atomic E-state index is 0.0850. The average Bonchev–Trinajstić information content (AvgIpc) is 2.81. The van der Waals surface area contributed by atoms with Crippen molar-refractivity contribution in [1.29, 1.82) is 0 Å². The molecule has 0 saturated heterocycles. The van der Waals surface area contributed by atoms with Gasteiger partial charge >= 0.3 is 5.97 Å². The van der Waals surface area contributed by atoms with Crippen molar-refractivity contribution in [2.24, 2.45) is 0 Å². The lowest BCUT2D eigenvalue weighted by Crippen LogP contribution is -2.31. The van der Waals surface area contributed by atoms with E-state index in [1.54, 1.807) is 66.7 Å². The minimum Gasteiger partial charge on any atom is -0.448 e. The van der Waals surface area contributed by atoms with Gasteiger partial charge in [-0.1, -0.05) is 59.6 Å². The molecule has 0 aliphatic carbocycles. The molecule has 7 nitrogen and oxygen atoms in total. The third-order valence-corrected chi connectivity index (χ3v) is 5.39. The minimum atomic E-state index is -1.16. The van der Waals surface area contributed by atoms with Gasteiger partial charge in [-0.2, -0.15) is 9.78 Å². The van der Waals surface area contributed by atoms with E-state index < -0.39 is 18.0 Å². The molecule has 0 bridgehead atoms. The summed E-state index contributed by atoms with van der Waals surface area (Å²) >= 11 is 12.0. The number of nitrogens with zero attached hydrogens (tertiary/aromatic N) is 2. The number of rotatable bonds is 5. The molecule has 1 aromatic heterocycles. The van der Waals surface area contributed by atoms with E-state index in [1.807, 2.05) is 0 Å². The van der Waals surface area contributed by atoms with Crippen LogP contribution in [-0.2, 0) is 9.53 Å². The number of anilines is 1. The van der Waals surface area contributed by atoms with Gasteiger partial charge in [-0.25, -0.2) is 4.79 Å². The van der Waals surface area contributed by atoms with Crippen molar-refractivity contribution in [2.75, 3.05) is 5.32 Å². The van der Waals surface area contributed by atoms with E-state index in [-0.39, 0.29) is 16.3 Å². The summed E-state index contributed by atoms with van der Waals surface area (Å²) in [7, 11) is 0. The molecule has 33 heavy (non-hydrogen) atoms. The van der Waals surface area contributed by atoms with Gasteiger partial charge in [0.2, 0.25) is 0 Å². The van der Waals surface area contributed by atoms with Crippen LogP contribution in [0.15, 0.2) is 77.6 Å². The number of benzene rings is 3. The Balaban J connectivity index is 1.64. The van der Waals surface area contributed by atoms with Crippen LogP contribution in [0.3, 0.4) is 0 Å². The Hall–Kier alpha value is -3.68.